The number of sulfone groups is 1. The fraction of sp³-hybridized carbons (Fsp3) is 0.389. The first-order chi connectivity index (χ1) is 12.8. The molecule has 0 amide bonds. The fourth-order valence-corrected chi connectivity index (χ4v) is 4.11. The summed E-state index contributed by atoms with van der Waals surface area (Å²) in [5.74, 6) is 0. The molecular weight excluding hydrogens is 368 g/mol. The molecule has 144 valence electrons. The van der Waals surface area contributed by atoms with E-state index in [1.807, 2.05) is 18.2 Å². The van der Waals surface area contributed by atoms with Crippen LogP contribution in [0.2, 0.25) is 0 Å². The van der Waals surface area contributed by atoms with Gasteiger partial charge in [-0.15, -0.1) is 0 Å². The molecule has 0 bridgehead atoms. The van der Waals surface area contributed by atoms with E-state index in [0.29, 0.717) is 5.69 Å². The lowest BCUT2D eigenvalue weighted by molar-refractivity contribution is -0.387. The van der Waals surface area contributed by atoms with Gasteiger partial charge in [0.05, 0.1) is 10.6 Å². The highest BCUT2D eigenvalue weighted by Gasteiger charge is 2.24. The Morgan fingerprint density at radius 3 is 2.59 bits per heavy atom. The number of benzene rings is 1. The van der Waals surface area contributed by atoms with Crippen LogP contribution >= 0.6 is 0 Å². The maximum Gasteiger partial charge on any atom is 0.288 e. The van der Waals surface area contributed by atoms with Gasteiger partial charge in [-0.25, -0.2) is 8.42 Å². The molecule has 1 aliphatic heterocycles. The molecule has 3 rings (SSSR count). The van der Waals surface area contributed by atoms with E-state index in [-0.39, 0.29) is 10.9 Å². The molecule has 2 aromatic rings. The van der Waals surface area contributed by atoms with Gasteiger partial charge in [0.2, 0.25) is 0 Å². The number of nitrogens with zero attached hydrogens (tertiary/aromatic N) is 3. The first-order valence-corrected chi connectivity index (χ1v) is 10.6. The number of nitro benzene ring substituents is 1. The maximum atomic E-state index is 11.9. The number of nitrogens with one attached hydrogen (secondary N) is 1. The normalized spacial score (nSPS) is 16.2. The van der Waals surface area contributed by atoms with Crippen molar-refractivity contribution in [3.8, 4) is 0 Å². The van der Waals surface area contributed by atoms with Gasteiger partial charge in [0.15, 0.2) is 9.84 Å². The van der Waals surface area contributed by atoms with Crippen LogP contribution in [0.25, 0.3) is 0 Å². The van der Waals surface area contributed by atoms with E-state index in [1.165, 1.54) is 12.1 Å². The van der Waals surface area contributed by atoms with E-state index in [4.69, 9.17) is 0 Å². The molecule has 9 heteroatoms. The number of rotatable bonds is 6. The molecule has 0 saturated carbocycles. The Labute approximate surface area is 158 Å². The SMILES string of the molecule is CS(=O)(=O)c1cc(NC2CCN(Cc3ccccn3)CC2)ccc1[N+](=O)[O-]. The standard InChI is InChI=1S/C18H22N4O4S/c1-27(25,26)18-12-15(5-6-17(18)22(23)24)20-14-7-10-21(11-8-14)13-16-4-2-3-9-19-16/h2-6,9,12,14,20H,7-8,10-11,13H2,1H3. The summed E-state index contributed by atoms with van der Waals surface area (Å²) in [5, 5.41) is 14.4. The lowest BCUT2D eigenvalue weighted by Crippen LogP contribution is -2.38. The largest absolute Gasteiger partial charge is 0.382 e. The van der Waals surface area contributed by atoms with Crippen molar-refractivity contribution in [2.24, 2.45) is 0 Å². The zero-order chi connectivity index (χ0) is 19.4. The lowest BCUT2D eigenvalue weighted by atomic mass is 10.0. The molecule has 0 atom stereocenters. The van der Waals surface area contributed by atoms with Crippen molar-refractivity contribution >= 4 is 21.2 Å². The van der Waals surface area contributed by atoms with Crippen molar-refractivity contribution in [3.63, 3.8) is 0 Å². The second-order valence-corrected chi connectivity index (χ2v) is 8.71. The molecule has 1 aliphatic rings. The van der Waals surface area contributed by atoms with E-state index in [1.54, 1.807) is 12.3 Å². The van der Waals surface area contributed by atoms with Gasteiger partial charge in [-0.3, -0.25) is 20.0 Å². The first-order valence-electron chi connectivity index (χ1n) is 8.70. The summed E-state index contributed by atoms with van der Waals surface area (Å²) < 4.78 is 23.7. The summed E-state index contributed by atoms with van der Waals surface area (Å²) in [7, 11) is -3.68. The topological polar surface area (TPSA) is 105 Å². The molecule has 1 fully saturated rings. The van der Waals surface area contributed by atoms with Crippen molar-refractivity contribution in [2.75, 3.05) is 24.7 Å². The van der Waals surface area contributed by atoms with Gasteiger partial charge in [0, 0.05) is 49.9 Å². The van der Waals surface area contributed by atoms with Gasteiger partial charge >= 0.3 is 0 Å². The number of likely N-dealkylation sites (tertiary alicyclic amines) is 1. The molecule has 0 spiro atoms. The van der Waals surface area contributed by atoms with Crippen molar-refractivity contribution in [1.29, 1.82) is 0 Å². The highest BCUT2D eigenvalue weighted by molar-refractivity contribution is 7.90. The zero-order valence-electron chi connectivity index (χ0n) is 15.0. The average molecular weight is 390 g/mol. The molecule has 8 nitrogen and oxygen atoms in total. The quantitative estimate of drug-likeness (QED) is 0.596. The number of hydrogen-bond acceptors (Lipinski definition) is 7. The van der Waals surface area contributed by atoms with Crippen LogP contribution in [0, 0.1) is 10.1 Å². The van der Waals surface area contributed by atoms with Gasteiger partial charge in [0.1, 0.15) is 4.90 Å². The Hall–Kier alpha value is -2.52. The van der Waals surface area contributed by atoms with Crippen LogP contribution in [0.4, 0.5) is 11.4 Å². The summed E-state index contributed by atoms with van der Waals surface area (Å²) in [6, 6.07) is 10.2. The van der Waals surface area contributed by atoms with Crippen molar-refractivity contribution in [3.05, 3.63) is 58.4 Å². The fourth-order valence-electron chi connectivity index (χ4n) is 3.24. The summed E-state index contributed by atoms with van der Waals surface area (Å²) in [6.45, 7) is 2.61. The van der Waals surface area contributed by atoms with Gasteiger partial charge in [-0.1, -0.05) is 6.07 Å². The van der Waals surface area contributed by atoms with Crippen LogP contribution in [0.3, 0.4) is 0 Å². The highest BCUT2D eigenvalue weighted by atomic mass is 32.2. The monoisotopic (exact) mass is 390 g/mol. The number of piperidine rings is 1. The number of aromatic nitrogens is 1. The van der Waals surface area contributed by atoms with Gasteiger partial charge < -0.3 is 5.32 Å². The van der Waals surface area contributed by atoms with Gasteiger partial charge in [-0.05, 0) is 37.1 Å². The molecule has 1 saturated heterocycles. The molecule has 0 radical (unpaired) electrons. The van der Waals surface area contributed by atoms with Crippen LogP contribution in [0.1, 0.15) is 18.5 Å². The molecule has 2 heterocycles. The van der Waals surface area contributed by atoms with Gasteiger partial charge in [-0.2, -0.15) is 0 Å². The smallest absolute Gasteiger partial charge is 0.288 e. The molecule has 1 N–H and O–H groups in total. The predicted octanol–water partition coefficient (Wildman–Crippen LogP) is 2.47. The van der Waals surface area contributed by atoms with E-state index in [9.17, 15) is 18.5 Å². The Bertz CT molecular complexity index is 910. The first kappa shape index (κ1) is 19.2. The van der Waals surface area contributed by atoms with E-state index in [2.05, 4.69) is 15.2 Å². The lowest BCUT2D eigenvalue weighted by Gasteiger charge is -2.32. The number of hydrogen-bond donors (Lipinski definition) is 1. The predicted molar refractivity (Wildman–Crippen MR) is 102 cm³/mol. The Morgan fingerprint density at radius 1 is 1.26 bits per heavy atom. The Balaban J connectivity index is 1.63. The third-order valence-electron chi connectivity index (χ3n) is 4.63. The van der Waals surface area contributed by atoms with Crippen LogP contribution < -0.4 is 5.32 Å². The summed E-state index contributed by atoms with van der Waals surface area (Å²) in [6.07, 6.45) is 4.57. The highest BCUT2D eigenvalue weighted by Crippen LogP contribution is 2.28. The minimum Gasteiger partial charge on any atom is -0.382 e. The second-order valence-electron chi connectivity index (χ2n) is 6.73. The molecule has 1 aromatic heterocycles. The minimum atomic E-state index is -3.68. The van der Waals surface area contributed by atoms with E-state index >= 15 is 0 Å². The molecule has 27 heavy (non-hydrogen) atoms. The zero-order valence-corrected chi connectivity index (χ0v) is 15.9. The second kappa shape index (κ2) is 8.01. The summed E-state index contributed by atoms with van der Waals surface area (Å²) in [4.78, 5) is 16.8. The van der Waals surface area contributed by atoms with Crippen LogP contribution in [0.15, 0.2) is 47.5 Å². The van der Waals surface area contributed by atoms with Crippen molar-refractivity contribution in [1.82, 2.24) is 9.88 Å². The molecule has 1 aromatic carbocycles. The van der Waals surface area contributed by atoms with Crippen molar-refractivity contribution in [2.45, 2.75) is 30.3 Å². The van der Waals surface area contributed by atoms with Crippen LogP contribution in [-0.4, -0.2) is 48.6 Å². The number of nitro groups is 1. The maximum absolute atomic E-state index is 11.9. The third-order valence-corrected chi connectivity index (χ3v) is 5.75. The van der Waals surface area contributed by atoms with Crippen LogP contribution in [-0.2, 0) is 16.4 Å². The van der Waals surface area contributed by atoms with E-state index < -0.39 is 20.4 Å². The molecular formula is C18H22N4O4S. The van der Waals surface area contributed by atoms with Crippen LogP contribution in [0.5, 0.6) is 0 Å². The van der Waals surface area contributed by atoms with E-state index in [0.717, 1.165) is 44.4 Å². The Morgan fingerprint density at radius 2 is 2.00 bits per heavy atom. The number of pyridine rings is 1. The molecule has 0 aliphatic carbocycles. The molecule has 0 unspecified atom stereocenters. The van der Waals surface area contributed by atoms with Gasteiger partial charge in [0.25, 0.3) is 5.69 Å². The average Bonchev–Trinajstić information content (AvgIpc) is 2.63. The summed E-state index contributed by atoms with van der Waals surface area (Å²) in [5.41, 5.74) is 1.23. The number of anilines is 1. The van der Waals surface area contributed by atoms with Crippen molar-refractivity contribution < 1.29 is 13.3 Å². The minimum absolute atomic E-state index is 0.193. The summed E-state index contributed by atoms with van der Waals surface area (Å²) >= 11 is 0. The third kappa shape index (κ3) is 5.01. The Kier molecular flexibility index (Phi) is 5.71.